The highest BCUT2D eigenvalue weighted by Gasteiger charge is 2.17. The van der Waals surface area contributed by atoms with E-state index in [4.69, 9.17) is 0 Å². The largest absolute Gasteiger partial charge is 0.391 e. The summed E-state index contributed by atoms with van der Waals surface area (Å²) in [5.74, 6) is -1.43. The zero-order valence-electron chi connectivity index (χ0n) is 13.6. The minimum absolute atomic E-state index is 0.0668. The van der Waals surface area contributed by atoms with Crippen molar-refractivity contribution in [2.45, 2.75) is 33.3 Å². The van der Waals surface area contributed by atoms with Crippen molar-refractivity contribution in [2.75, 3.05) is 11.9 Å². The van der Waals surface area contributed by atoms with E-state index in [2.05, 4.69) is 15.6 Å². The van der Waals surface area contributed by atoms with Crippen LogP contribution in [0.4, 0.5) is 5.69 Å². The Morgan fingerprint density at radius 3 is 2.70 bits per heavy atom. The molecule has 0 aliphatic carbocycles. The number of aryl methyl sites for hydroxylation is 1. The van der Waals surface area contributed by atoms with Crippen molar-refractivity contribution >= 4 is 28.4 Å². The van der Waals surface area contributed by atoms with Gasteiger partial charge in [0.2, 0.25) is 0 Å². The van der Waals surface area contributed by atoms with E-state index in [1.54, 1.807) is 12.1 Å². The van der Waals surface area contributed by atoms with Crippen LogP contribution in [0.15, 0.2) is 24.3 Å². The highest BCUT2D eigenvalue weighted by Crippen LogP contribution is 2.19. The van der Waals surface area contributed by atoms with Gasteiger partial charge in [-0.05, 0) is 37.1 Å². The molecule has 1 heterocycles. The van der Waals surface area contributed by atoms with E-state index in [-0.39, 0.29) is 12.5 Å². The van der Waals surface area contributed by atoms with Crippen LogP contribution in [0.5, 0.6) is 0 Å². The second-order valence-corrected chi connectivity index (χ2v) is 5.87. The van der Waals surface area contributed by atoms with Crippen LogP contribution in [0.3, 0.4) is 0 Å². The Morgan fingerprint density at radius 1 is 1.26 bits per heavy atom. The molecule has 2 unspecified atom stereocenters. The number of aliphatic hydroxyl groups is 1. The summed E-state index contributed by atoms with van der Waals surface area (Å²) in [6.07, 6.45) is 0.148. The topological polar surface area (TPSA) is 94.2 Å². The summed E-state index contributed by atoms with van der Waals surface area (Å²) < 4.78 is 0. The molecule has 1 aromatic carbocycles. The van der Waals surface area contributed by atoms with E-state index in [1.807, 2.05) is 32.9 Å². The van der Waals surface area contributed by atoms with Crippen LogP contribution < -0.4 is 10.6 Å². The summed E-state index contributed by atoms with van der Waals surface area (Å²) in [7, 11) is 0. The standard InChI is InChI=1S/C17H23N3O3/c1-4-10(2)15(21)9-18-16(22)17(23)20-13-5-6-14-12(8-13)7-11(3)19-14/h5-8,10,15,19,21H,4,9H2,1-3H3,(H,18,22)(H,20,23). The van der Waals surface area contributed by atoms with Gasteiger partial charge >= 0.3 is 11.8 Å². The van der Waals surface area contributed by atoms with Gasteiger partial charge in [0.15, 0.2) is 0 Å². The Bertz CT molecular complexity index is 708. The van der Waals surface area contributed by atoms with Crippen molar-refractivity contribution in [3.8, 4) is 0 Å². The van der Waals surface area contributed by atoms with Crippen LogP contribution >= 0.6 is 0 Å². The van der Waals surface area contributed by atoms with Gasteiger partial charge in [-0.3, -0.25) is 9.59 Å². The van der Waals surface area contributed by atoms with Gasteiger partial charge < -0.3 is 20.7 Å². The van der Waals surface area contributed by atoms with Gasteiger partial charge in [-0.1, -0.05) is 20.3 Å². The summed E-state index contributed by atoms with van der Waals surface area (Å²) in [6, 6.07) is 7.35. The lowest BCUT2D eigenvalue weighted by Gasteiger charge is -2.17. The van der Waals surface area contributed by atoms with Crippen molar-refractivity contribution < 1.29 is 14.7 Å². The van der Waals surface area contributed by atoms with Gasteiger partial charge in [-0.15, -0.1) is 0 Å². The number of aromatic amines is 1. The molecule has 2 aromatic rings. The third-order valence-electron chi connectivity index (χ3n) is 3.99. The molecule has 0 spiro atoms. The van der Waals surface area contributed by atoms with Crippen molar-refractivity contribution in [1.82, 2.24) is 10.3 Å². The summed E-state index contributed by atoms with van der Waals surface area (Å²) >= 11 is 0. The van der Waals surface area contributed by atoms with Gasteiger partial charge in [0.1, 0.15) is 0 Å². The lowest BCUT2D eigenvalue weighted by molar-refractivity contribution is -0.136. The molecule has 124 valence electrons. The third kappa shape index (κ3) is 4.32. The molecule has 0 aliphatic heterocycles. The van der Waals surface area contributed by atoms with Gasteiger partial charge in [-0.2, -0.15) is 0 Å². The van der Waals surface area contributed by atoms with Crippen LogP contribution in [0, 0.1) is 12.8 Å². The van der Waals surface area contributed by atoms with E-state index in [0.717, 1.165) is 23.0 Å². The van der Waals surface area contributed by atoms with Crippen molar-refractivity contribution in [3.63, 3.8) is 0 Å². The summed E-state index contributed by atoms with van der Waals surface area (Å²) in [4.78, 5) is 26.9. The number of fused-ring (bicyclic) bond motifs is 1. The number of aromatic nitrogens is 1. The summed E-state index contributed by atoms with van der Waals surface area (Å²) in [5, 5.41) is 15.8. The normalized spacial score (nSPS) is 13.6. The minimum atomic E-state index is -0.752. The van der Waals surface area contributed by atoms with Crippen molar-refractivity contribution in [1.29, 1.82) is 0 Å². The van der Waals surface area contributed by atoms with E-state index in [1.165, 1.54) is 0 Å². The molecule has 2 rings (SSSR count). The molecular formula is C17H23N3O3. The molecule has 4 N–H and O–H groups in total. The van der Waals surface area contributed by atoms with E-state index in [0.29, 0.717) is 5.69 Å². The second kappa shape index (κ2) is 7.28. The van der Waals surface area contributed by atoms with E-state index < -0.39 is 17.9 Å². The SMILES string of the molecule is CCC(C)C(O)CNC(=O)C(=O)Nc1ccc2[nH]c(C)cc2c1. The summed E-state index contributed by atoms with van der Waals surface area (Å²) in [5.41, 5.74) is 2.56. The number of H-pyrrole nitrogens is 1. The van der Waals surface area contributed by atoms with Crippen molar-refractivity contribution in [3.05, 3.63) is 30.0 Å². The smallest absolute Gasteiger partial charge is 0.313 e. The predicted molar refractivity (Wildman–Crippen MR) is 90.1 cm³/mol. The Labute approximate surface area is 135 Å². The maximum atomic E-state index is 11.9. The molecule has 2 atom stereocenters. The Kier molecular flexibility index (Phi) is 5.39. The van der Waals surface area contributed by atoms with Crippen LogP contribution in [-0.2, 0) is 9.59 Å². The monoisotopic (exact) mass is 317 g/mol. The maximum absolute atomic E-state index is 11.9. The van der Waals surface area contributed by atoms with Gasteiger partial charge in [0, 0.05) is 28.8 Å². The number of anilines is 1. The fourth-order valence-electron chi connectivity index (χ4n) is 2.29. The van der Waals surface area contributed by atoms with Gasteiger partial charge in [-0.25, -0.2) is 0 Å². The average molecular weight is 317 g/mol. The van der Waals surface area contributed by atoms with E-state index >= 15 is 0 Å². The number of hydrogen-bond donors (Lipinski definition) is 4. The molecule has 1 aromatic heterocycles. The first-order chi connectivity index (χ1) is 10.9. The van der Waals surface area contributed by atoms with E-state index in [9.17, 15) is 14.7 Å². The molecule has 0 saturated carbocycles. The first-order valence-corrected chi connectivity index (χ1v) is 7.77. The number of aliphatic hydroxyl groups excluding tert-OH is 1. The average Bonchev–Trinajstić information content (AvgIpc) is 2.90. The van der Waals surface area contributed by atoms with Crippen LogP contribution in [0.25, 0.3) is 10.9 Å². The Balaban J connectivity index is 1.93. The lowest BCUT2D eigenvalue weighted by atomic mass is 10.0. The summed E-state index contributed by atoms with van der Waals surface area (Å²) in [6.45, 7) is 5.87. The molecule has 0 fully saturated rings. The quantitative estimate of drug-likeness (QED) is 0.635. The molecule has 23 heavy (non-hydrogen) atoms. The van der Waals surface area contributed by atoms with Gasteiger partial charge in [0.25, 0.3) is 0 Å². The van der Waals surface area contributed by atoms with Crippen LogP contribution in [0.1, 0.15) is 26.0 Å². The Hall–Kier alpha value is -2.34. The molecule has 0 aliphatic rings. The number of amides is 2. The third-order valence-corrected chi connectivity index (χ3v) is 3.99. The molecule has 0 bridgehead atoms. The maximum Gasteiger partial charge on any atom is 0.313 e. The molecule has 0 saturated heterocycles. The molecular weight excluding hydrogens is 294 g/mol. The molecule has 2 amide bonds. The highest BCUT2D eigenvalue weighted by molar-refractivity contribution is 6.39. The predicted octanol–water partition coefficient (Wildman–Crippen LogP) is 1.94. The van der Waals surface area contributed by atoms with Gasteiger partial charge in [0.05, 0.1) is 6.10 Å². The minimum Gasteiger partial charge on any atom is -0.391 e. The van der Waals surface area contributed by atoms with Crippen LogP contribution in [0.2, 0.25) is 0 Å². The first-order valence-electron chi connectivity index (χ1n) is 7.77. The molecule has 0 radical (unpaired) electrons. The molecule has 6 nitrogen and oxygen atoms in total. The Morgan fingerprint density at radius 2 is 2.00 bits per heavy atom. The fraction of sp³-hybridized carbons (Fsp3) is 0.412. The lowest BCUT2D eigenvalue weighted by Crippen LogP contribution is -2.41. The first kappa shape index (κ1) is 17.0. The highest BCUT2D eigenvalue weighted by atomic mass is 16.3. The number of benzene rings is 1. The number of nitrogens with one attached hydrogen (secondary N) is 3. The number of hydrogen-bond acceptors (Lipinski definition) is 3. The fourth-order valence-corrected chi connectivity index (χ4v) is 2.29. The molecule has 6 heteroatoms. The zero-order chi connectivity index (χ0) is 17.0. The second-order valence-electron chi connectivity index (χ2n) is 5.87. The number of carbonyl (C=O) groups excluding carboxylic acids is 2. The van der Waals surface area contributed by atoms with Crippen molar-refractivity contribution in [2.24, 2.45) is 5.92 Å². The van der Waals surface area contributed by atoms with Crippen LogP contribution in [-0.4, -0.2) is 34.6 Å². The number of carbonyl (C=O) groups is 2. The number of rotatable bonds is 5. The zero-order valence-corrected chi connectivity index (χ0v) is 13.6.